The Labute approximate surface area is 173 Å². The van der Waals surface area contributed by atoms with Crippen LogP contribution in [0.1, 0.15) is 46.1 Å². The van der Waals surface area contributed by atoms with Crippen LogP contribution in [0, 0.1) is 0 Å². The van der Waals surface area contributed by atoms with Crippen molar-refractivity contribution in [1.82, 2.24) is 30.3 Å². The summed E-state index contributed by atoms with van der Waals surface area (Å²) in [6.07, 6.45) is 0.617. The van der Waals surface area contributed by atoms with Crippen molar-refractivity contribution in [2.75, 3.05) is 18.4 Å². The molecule has 0 aliphatic carbocycles. The van der Waals surface area contributed by atoms with E-state index in [2.05, 4.69) is 26.0 Å². The highest BCUT2D eigenvalue weighted by atomic mass is 16.2. The average molecular weight is 409 g/mol. The summed E-state index contributed by atoms with van der Waals surface area (Å²) < 4.78 is 1.73. The minimum atomic E-state index is -0.595. The third-order valence-electron chi connectivity index (χ3n) is 5.97. The molecule has 0 saturated carbocycles. The Hall–Kier alpha value is -3.27. The molecule has 1 aromatic carbocycles. The number of imide groups is 1. The van der Waals surface area contributed by atoms with Gasteiger partial charge in [-0.25, -0.2) is 4.68 Å². The van der Waals surface area contributed by atoms with E-state index in [1.165, 1.54) is 0 Å². The number of amides is 3. The van der Waals surface area contributed by atoms with Crippen LogP contribution >= 0.6 is 0 Å². The molecule has 3 aliphatic heterocycles. The van der Waals surface area contributed by atoms with E-state index in [9.17, 15) is 14.4 Å². The van der Waals surface area contributed by atoms with Crippen LogP contribution in [-0.4, -0.2) is 56.5 Å². The van der Waals surface area contributed by atoms with Gasteiger partial charge in [0.05, 0.1) is 0 Å². The van der Waals surface area contributed by atoms with Crippen molar-refractivity contribution < 1.29 is 14.4 Å². The van der Waals surface area contributed by atoms with Gasteiger partial charge in [0.2, 0.25) is 17.8 Å². The molecule has 5 rings (SSSR count). The van der Waals surface area contributed by atoms with Crippen molar-refractivity contribution in [1.29, 1.82) is 0 Å². The van der Waals surface area contributed by atoms with Crippen molar-refractivity contribution in [2.45, 2.75) is 37.9 Å². The quantitative estimate of drug-likeness (QED) is 0.589. The monoisotopic (exact) mass is 409 g/mol. The molecule has 0 spiro atoms. The topological polar surface area (TPSA) is 121 Å². The fourth-order valence-electron chi connectivity index (χ4n) is 4.10. The lowest BCUT2D eigenvalue weighted by Gasteiger charge is -2.29. The van der Waals surface area contributed by atoms with Gasteiger partial charge < -0.3 is 15.5 Å². The summed E-state index contributed by atoms with van der Waals surface area (Å²) in [4.78, 5) is 42.6. The number of nitrogens with one attached hydrogen (secondary N) is 3. The van der Waals surface area contributed by atoms with Crippen molar-refractivity contribution in [2.24, 2.45) is 7.05 Å². The van der Waals surface area contributed by atoms with Gasteiger partial charge in [0.1, 0.15) is 6.04 Å². The zero-order valence-corrected chi connectivity index (χ0v) is 16.6. The van der Waals surface area contributed by atoms with Gasteiger partial charge in [-0.2, -0.15) is 10.1 Å². The van der Waals surface area contributed by atoms with Gasteiger partial charge in [-0.15, -0.1) is 0 Å². The van der Waals surface area contributed by atoms with Gasteiger partial charge in [0.25, 0.3) is 5.91 Å². The number of nitrogens with zero attached hydrogens (tertiary/aromatic N) is 4. The van der Waals surface area contributed by atoms with Gasteiger partial charge in [-0.1, -0.05) is 12.1 Å². The minimum Gasteiger partial charge on any atom is -0.350 e. The van der Waals surface area contributed by atoms with Crippen LogP contribution in [0.3, 0.4) is 0 Å². The van der Waals surface area contributed by atoms with E-state index in [0.717, 1.165) is 30.0 Å². The van der Waals surface area contributed by atoms with Gasteiger partial charge in [0.15, 0.2) is 5.82 Å². The first-order valence-electron chi connectivity index (χ1n) is 10.1. The molecule has 10 nitrogen and oxygen atoms in total. The number of anilines is 1. The fourth-order valence-corrected chi connectivity index (χ4v) is 4.10. The number of hydrogen-bond donors (Lipinski definition) is 3. The molecule has 0 radical (unpaired) electrons. The van der Waals surface area contributed by atoms with E-state index in [4.69, 9.17) is 0 Å². The van der Waals surface area contributed by atoms with E-state index < -0.39 is 11.9 Å². The maximum atomic E-state index is 12.9. The highest BCUT2D eigenvalue weighted by Crippen LogP contribution is 2.28. The smallest absolute Gasteiger partial charge is 0.255 e. The number of benzene rings is 1. The van der Waals surface area contributed by atoms with Crippen LogP contribution < -0.4 is 16.0 Å². The molecule has 2 aromatic rings. The Kier molecular flexibility index (Phi) is 4.50. The molecule has 1 atom stereocenters. The number of carbonyl (C=O) groups is 3. The third-order valence-corrected chi connectivity index (χ3v) is 5.97. The summed E-state index contributed by atoms with van der Waals surface area (Å²) in [6, 6.07) is 5.17. The zero-order valence-electron chi connectivity index (χ0n) is 16.6. The number of fused-ring (bicyclic) bond motifs is 1. The number of carbonyl (C=O) groups excluding carboxylic acids is 3. The number of piperidine rings is 1. The summed E-state index contributed by atoms with van der Waals surface area (Å²) in [7, 11) is 1.86. The van der Waals surface area contributed by atoms with Crippen molar-refractivity contribution in [3.05, 3.63) is 40.7 Å². The number of aryl methyl sites for hydroxylation is 1. The minimum absolute atomic E-state index is 0.167. The molecule has 10 heteroatoms. The number of aromatic nitrogens is 3. The lowest BCUT2D eigenvalue weighted by Crippen LogP contribution is -2.52. The second kappa shape index (κ2) is 7.21. The Bertz CT molecular complexity index is 1040. The molecule has 156 valence electrons. The lowest BCUT2D eigenvalue weighted by molar-refractivity contribution is -0.136. The van der Waals surface area contributed by atoms with Crippen LogP contribution in [0.15, 0.2) is 18.2 Å². The molecule has 2 saturated heterocycles. The molecule has 4 heterocycles. The first-order chi connectivity index (χ1) is 14.5. The van der Waals surface area contributed by atoms with E-state index in [1.807, 2.05) is 25.2 Å². The van der Waals surface area contributed by atoms with Crippen LogP contribution in [0.4, 0.5) is 5.95 Å². The molecule has 30 heavy (non-hydrogen) atoms. The highest BCUT2D eigenvalue weighted by molar-refractivity contribution is 6.05. The van der Waals surface area contributed by atoms with Crippen LogP contribution in [-0.2, 0) is 29.7 Å². The van der Waals surface area contributed by atoms with Gasteiger partial charge in [-0.3, -0.25) is 19.7 Å². The van der Waals surface area contributed by atoms with Crippen molar-refractivity contribution in [3.63, 3.8) is 0 Å². The molecule has 3 amide bonds. The number of rotatable bonds is 5. The predicted octanol–water partition coefficient (Wildman–Crippen LogP) is -0.125. The molecule has 2 fully saturated rings. The van der Waals surface area contributed by atoms with Crippen LogP contribution in [0.2, 0.25) is 0 Å². The normalized spacial score (nSPS) is 21.4. The van der Waals surface area contributed by atoms with Crippen LogP contribution in [0.5, 0.6) is 0 Å². The van der Waals surface area contributed by atoms with Crippen LogP contribution in [0.25, 0.3) is 0 Å². The highest BCUT2D eigenvalue weighted by Gasteiger charge is 2.39. The van der Waals surface area contributed by atoms with Crippen molar-refractivity contribution >= 4 is 23.7 Å². The van der Waals surface area contributed by atoms with E-state index in [-0.39, 0.29) is 18.2 Å². The largest absolute Gasteiger partial charge is 0.350 e. The van der Waals surface area contributed by atoms with E-state index in [1.54, 1.807) is 9.58 Å². The predicted molar refractivity (Wildman–Crippen MR) is 106 cm³/mol. The Morgan fingerprint density at radius 1 is 1.23 bits per heavy atom. The summed E-state index contributed by atoms with van der Waals surface area (Å²) in [5, 5.41) is 13.3. The SMILES string of the molecule is Cn1nc(C2CNC2)nc1NCc1ccc2c(c1)C(=O)N(C1CCC(=O)NC1=O)C2. The standard InChI is InChI=1S/C20H23N7O3/c1-26-20(24-17(25-26)13-8-21-9-13)22-7-11-2-3-12-10-27(19(30)14(12)6-11)15-4-5-16(28)23-18(15)29/h2-3,6,13,15,21H,4-5,7-10H2,1H3,(H,22,24,25)(H,23,28,29). The molecular formula is C20H23N7O3. The molecule has 1 aromatic heterocycles. The Balaban J connectivity index is 1.27. The van der Waals surface area contributed by atoms with Gasteiger partial charge in [0, 0.05) is 51.1 Å². The van der Waals surface area contributed by atoms with Crippen molar-refractivity contribution in [3.8, 4) is 0 Å². The molecule has 3 N–H and O–H groups in total. The first kappa shape index (κ1) is 18.7. The maximum Gasteiger partial charge on any atom is 0.255 e. The Morgan fingerprint density at radius 2 is 2.07 bits per heavy atom. The Morgan fingerprint density at radius 3 is 2.80 bits per heavy atom. The fraction of sp³-hybridized carbons (Fsp3) is 0.450. The maximum absolute atomic E-state index is 12.9. The second-order valence-corrected chi connectivity index (χ2v) is 8.02. The van der Waals surface area contributed by atoms with Gasteiger partial charge in [-0.05, 0) is 23.6 Å². The summed E-state index contributed by atoms with van der Waals surface area (Å²) >= 11 is 0. The summed E-state index contributed by atoms with van der Waals surface area (Å²) in [5.74, 6) is 1.04. The third kappa shape index (κ3) is 3.22. The zero-order chi connectivity index (χ0) is 20.8. The molecule has 0 bridgehead atoms. The molecule has 1 unspecified atom stereocenters. The average Bonchev–Trinajstić information content (AvgIpc) is 3.19. The summed E-state index contributed by atoms with van der Waals surface area (Å²) in [6.45, 7) is 2.70. The second-order valence-electron chi connectivity index (χ2n) is 8.02. The van der Waals surface area contributed by atoms with Gasteiger partial charge >= 0.3 is 0 Å². The summed E-state index contributed by atoms with van der Waals surface area (Å²) in [5.41, 5.74) is 2.45. The van der Waals surface area contributed by atoms with E-state index >= 15 is 0 Å². The molecular weight excluding hydrogens is 386 g/mol. The lowest BCUT2D eigenvalue weighted by atomic mass is 10.0. The number of hydrogen-bond acceptors (Lipinski definition) is 7. The molecule has 3 aliphatic rings. The van der Waals surface area contributed by atoms with E-state index in [0.29, 0.717) is 36.9 Å². The first-order valence-corrected chi connectivity index (χ1v) is 10.1.